The van der Waals surface area contributed by atoms with Gasteiger partial charge >= 0.3 is 0 Å². The van der Waals surface area contributed by atoms with E-state index in [1.807, 2.05) is 11.3 Å². The van der Waals surface area contributed by atoms with Crippen LogP contribution in [0.15, 0.2) is 6.07 Å². The lowest BCUT2D eigenvalue weighted by Crippen LogP contribution is -2.29. The highest BCUT2D eigenvalue weighted by Crippen LogP contribution is 2.28. The first-order valence-electron chi connectivity index (χ1n) is 7.54. The van der Waals surface area contributed by atoms with E-state index in [1.54, 1.807) is 0 Å². The van der Waals surface area contributed by atoms with Crippen LogP contribution in [-0.2, 0) is 13.1 Å². The molecule has 3 heteroatoms. The van der Waals surface area contributed by atoms with Crippen LogP contribution in [0.25, 0.3) is 0 Å². The van der Waals surface area contributed by atoms with Crippen molar-refractivity contribution < 1.29 is 0 Å². The minimum absolute atomic E-state index is 0.562. The van der Waals surface area contributed by atoms with Gasteiger partial charge in [0.25, 0.3) is 0 Å². The Morgan fingerprint density at radius 3 is 2.74 bits per heavy atom. The van der Waals surface area contributed by atoms with E-state index in [0.717, 1.165) is 19.0 Å². The lowest BCUT2D eigenvalue weighted by molar-refractivity contribution is 0.200. The van der Waals surface area contributed by atoms with Crippen molar-refractivity contribution >= 4 is 11.3 Å². The molecule has 19 heavy (non-hydrogen) atoms. The maximum absolute atomic E-state index is 3.50. The molecule has 0 aliphatic heterocycles. The van der Waals surface area contributed by atoms with Crippen LogP contribution < -0.4 is 5.32 Å². The summed E-state index contributed by atoms with van der Waals surface area (Å²) in [6.45, 7) is 10.1. The van der Waals surface area contributed by atoms with E-state index in [0.29, 0.717) is 6.04 Å². The fraction of sp³-hybridized carbons (Fsp3) is 0.750. The molecule has 0 atom stereocenters. The normalized spacial score (nSPS) is 16.3. The highest BCUT2D eigenvalue weighted by Gasteiger charge is 2.19. The van der Waals surface area contributed by atoms with Crippen molar-refractivity contribution in [3.05, 3.63) is 21.4 Å². The van der Waals surface area contributed by atoms with Crippen molar-refractivity contribution in [3.8, 4) is 0 Å². The van der Waals surface area contributed by atoms with Gasteiger partial charge in [0.05, 0.1) is 0 Å². The molecule has 1 fully saturated rings. The average molecular weight is 280 g/mol. The van der Waals surface area contributed by atoms with Gasteiger partial charge in [0.2, 0.25) is 0 Å². The average Bonchev–Trinajstić information content (AvgIpc) is 2.62. The quantitative estimate of drug-likeness (QED) is 0.817. The third-order valence-electron chi connectivity index (χ3n) is 3.99. The maximum Gasteiger partial charge on any atom is 0.0302 e. The van der Waals surface area contributed by atoms with Gasteiger partial charge in [-0.15, -0.1) is 11.3 Å². The van der Waals surface area contributed by atoms with Crippen LogP contribution in [0.1, 0.15) is 48.4 Å². The maximum atomic E-state index is 3.50. The van der Waals surface area contributed by atoms with E-state index in [-0.39, 0.29) is 0 Å². The summed E-state index contributed by atoms with van der Waals surface area (Å²) in [4.78, 5) is 5.46. The largest absolute Gasteiger partial charge is 0.310 e. The zero-order chi connectivity index (χ0) is 13.8. The first kappa shape index (κ1) is 15.0. The van der Waals surface area contributed by atoms with Gasteiger partial charge in [0, 0.05) is 35.4 Å². The summed E-state index contributed by atoms with van der Waals surface area (Å²) < 4.78 is 0. The molecule has 0 aromatic carbocycles. The summed E-state index contributed by atoms with van der Waals surface area (Å²) in [5, 5.41) is 3.50. The molecule has 0 spiro atoms. The second-order valence-electron chi connectivity index (χ2n) is 6.32. The van der Waals surface area contributed by atoms with Gasteiger partial charge in [-0.1, -0.05) is 20.3 Å². The molecule has 0 radical (unpaired) electrons. The first-order valence-corrected chi connectivity index (χ1v) is 8.36. The SMILES string of the molecule is Cc1sc(CNC(C)C)cc1CN(C)CC1CCC1. The number of hydrogen-bond donors (Lipinski definition) is 1. The molecule has 1 aromatic rings. The molecule has 1 N–H and O–H groups in total. The molecule has 1 aliphatic carbocycles. The molecule has 1 heterocycles. The van der Waals surface area contributed by atoms with Gasteiger partial charge in [-0.05, 0) is 44.4 Å². The Balaban J connectivity index is 1.84. The van der Waals surface area contributed by atoms with Crippen molar-refractivity contribution in [2.45, 2.75) is 59.2 Å². The number of aryl methyl sites for hydroxylation is 1. The molecule has 0 unspecified atom stereocenters. The predicted molar refractivity (Wildman–Crippen MR) is 84.7 cm³/mol. The molecule has 108 valence electrons. The summed E-state index contributed by atoms with van der Waals surface area (Å²) in [7, 11) is 2.27. The number of hydrogen-bond acceptors (Lipinski definition) is 3. The summed E-state index contributed by atoms with van der Waals surface area (Å²) in [5.74, 6) is 0.964. The smallest absolute Gasteiger partial charge is 0.0302 e. The molecule has 2 nitrogen and oxygen atoms in total. The monoisotopic (exact) mass is 280 g/mol. The zero-order valence-corrected chi connectivity index (χ0v) is 13.6. The van der Waals surface area contributed by atoms with Gasteiger partial charge in [0.1, 0.15) is 0 Å². The standard InChI is InChI=1S/C16H28N2S/c1-12(2)17-9-16-8-15(13(3)19-16)11-18(4)10-14-6-5-7-14/h8,12,14,17H,5-7,9-11H2,1-4H3. The number of rotatable bonds is 7. The Morgan fingerprint density at radius 1 is 1.42 bits per heavy atom. The van der Waals surface area contributed by atoms with Gasteiger partial charge < -0.3 is 10.2 Å². The number of nitrogens with one attached hydrogen (secondary N) is 1. The highest BCUT2D eigenvalue weighted by molar-refractivity contribution is 7.12. The molecule has 1 aliphatic rings. The van der Waals surface area contributed by atoms with Gasteiger partial charge in [-0.3, -0.25) is 0 Å². The topological polar surface area (TPSA) is 15.3 Å². The molecule has 0 amide bonds. The van der Waals surface area contributed by atoms with Crippen molar-refractivity contribution in [2.24, 2.45) is 5.92 Å². The van der Waals surface area contributed by atoms with Crippen molar-refractivity contribution in [1.82, 2.24) is 10.2 Å². The van der Waals surface area contributed by atoms with Crippen LogP contribution in [0.3, 0.4) is 0 Å². The van der Waals surface area contributed by atoms with E-state index in [4.69, 9.17) is 0 Å². The van der Waals surface area contributed by atoms with E-state index in [9.17, 15) is 0 Å². The van der Waals surface area contributed by atoms with Crippen molar-refractivity contribution in [2.75, 3.05) is 13.6 Å². The second-order valence-corrected chi connectivity index (χ2v) is 7.66. The summed E-state index contributed by atoms with van der Waals surface area (Å²) >= 11 is 1.95. The van der Waals surface area contributed by atoms with Crippen LogP contribution in [0.5, 0.6) is 0 Å². The highest BCUT2D eigenvalue weighted by atomic mass is 32.1. The first-order chi connectivity index (χ1) is 9.04. The second kappa shape index (κ2) is 6.87. The van der Waals surface area contributed by atoms with Crippen LogP contribution in [0.2, 0.25) is 0 Å². The van der Waals surface area contributed by atoms with Crippen LogP contribution in [-0.4, -0.2) is 24.5 Å². The zero-order valence-electron chi connectivity index (χ0n) is 12.8. The lowest BCUT2D eigenvalue weighted by Gasteiger charge is -2.30. The Bertz CT molecular complexity index is 393. The van der Waals surface area contributed by atoms with Gasteiger partial charge in [0.15, 0.2) is 0 Å². The third kappa shape index (κ3) is 4.59. The van der Waals surface area contributed by atoms with Gasteiger partial charge in [-0.25, -0.2) is 0 Å². The Labute approximate surface area is 122 Å². The summed E-state index contributed by atoms with van der Waals surface area (Å²) in [6.07, 6.45) is 4.33. The van der Waals surface area contributed by atoms with E-state index in [1.165, 1.54) is 41.1 Å². The minimum Gasteiger partial charge on any atom is -0.310 e. The van der Waals surface area contributed by atoms with E-state index < -0.39 is 0 Å². The number of nitrogens with zero attached hydrogens (tertiary/aromatic N) is 1. The van der Waals surface area contributed by atoms with E-state index in [2.05, 4.69) is 44.1 Å². The van der Waals surface area contributed by atoms with Crippen molar-refractivity contribution in [1.29, 1.82) is 0 Å². The molecule has 1 saturated carbocycles. The third-order valence-corrected chi connectivity index (χ3v) is 5.08. The molecule has 0 saturated heterocycles. The Hall–Kier alpha value is -0.380. The Kier molecular flexibility index (Phi) is 5.43. The summed E-state index contributed by atoms with van der Waals surface area (Å²) in [6, 6.07) is 2.96. The van der Waals surface area contributed by atoms with Crippen LogP contribution in [0, 0.1) is 12.8 Å². The molecular weight excluding hydrogens is 252 g/mol. The van der Waals surface area contributed by atoms with Gasteiger partial charge in [-0.2, -0.15) is 0 Å². The predicted octanol–water partition coefficient (Wildman–Crippen LogP) is 3.79. The summed E-state index contributed by atoms with van der Waals surface area (Å²) in [5.41, 5.74) is 1.52. The molecule has 1 aromatic heterocycles. The molecular formula is C16H28N2S. The fourth-order valence-electron chi connectivity index (χ4n) is 2.61. The Morgan fingerprint density at radius 2 is 2.16 bits per heavy atom. The van der Waals surface area contributed by atoms with Crippen LogP contribution >= 0.6 is 11.3 Å². The molecule has 2 rings (SSSR count). The fourth-order valence-corrected chi connectivity index (χ4v) is 3.61. The van der Waals surface area contributed by atoms with E-state index >= 15 is 0 Å². The molecule has 0 bridgehead atoms. The lowest BCUT2D eigenvalue weighted by atomic mass is 9.85. The number of thiophene rings is 1. The minimum atomic E-state index is 0.562. The van der Waals surface area contributed by atoms with Crippen LogP contribution in [0.4, 0.5) is 0 Å². The van der Waals surface area contributed by atoms with Crippen molar-refractivity contribution in [3.63, 3.8) is 0 Å².